The van der Waals surface area contributed by atoms with Crippen LogP contribution in [0.3, 0.4) is 0 Å². The van der Waals surface area contributed by atoms with Gasteiger partial charge in [0, 0.05) is 25.2 Å². The van der Waals surface area contributed by atoms with Crippen LogP contribution in [0.5, 0.6) is 0 Å². The molecule has 2 unspecified atom stereocenters. The fraction of sp³-hybridized carbons (Fsp3) is 0.647. The van der Waals surface area contributed by atoms with E-state index < -0.39 is 0 Å². The van der Waals surface area contributed by atoms with Gasteiger partial charge in [0.25, 0.3) is 0 Å². The van der Waals surface area contributed by atoms with Crippen molar-refractivity contribution in [1.29, 1.82) is 0 Å². The lowest BCUT2D eigenvalue weighted by atomic mass is 9.98. The highest BCUT2D eigenvalue weighted by atomic mass is 15.1. The van der Waals surface area contributed by atoms with E-state index in [-0.39, 0.29) is 0 Å². The highest BCUT2D eigenvalue weighted by Crippen LogP contribution is 2.23. The molecule has 112 valence electrons. The number of fused-ring (bicyclic) bond motifs is 1. The van der Waals surface area contributed by atoms with Gasteiger partial charge in [-0.1, -0.05) is 38.1 Å². The standard InChI is InChI=1S/C17H29N3/c1-4-20(5-2)13-14(3)19-17-10-11-18-12-15-8-6-7-9-16(15)17/h6-9,14,17-19H,4-5,10-13H2,1-3H3. The summed E-state index contributed by atoms with van der Waals surface area (Å²) in [5, 5.41) is 7.35. The van der Waals surface area contributed by atoms with Crippen LogP contribution in [0.4, 0.5) is 0 Å². The van der Waals surface area contributed by atoms with Gasteiger partial charge in [-0.25, -0.2) is 0 Å². The van der Waals surface area contributed by atoms with Gasteiger partial charge in [0.05, 0.1) is 0 Å². The highest BCUT2D eigenvalue weighted by Gasteiger charge is 2.20. The molecule has 3 heteroatoms. The Hall–Kier alpha value is -0.900. The van der Waals surface area contributed by atoms with Gasteiger partial charge < -0.3 is 15.5 Å². The highest BCUT2D eigenvalue weighted by molar-refractivity contribution is 5.31. The number of rotatable bonds is 6. The second-order valence-electron chi connectivity index (χ2n) is 5.77. The summed E-state index contributed by atoms with van der Waals surface area (Å²) in [6, 6.07) is 9.83. The van der Waals surface area contributed by atoms with Crippen molar-refractivity contribution in [3.05, 3.63) is 35.4 Å². The van der Waals surface area contributed by atoms with E-state index >= 15 is 0 Å². The van der Waals surface area contributed by atoms with Crippen LogP contribution >= 0.6 is 0 Å². The van der Waals surface area contributed by atoms with E-state index in [0.29, 0.717) is 12.1 Å². The van der Waals surface area contributed by atoms with Crippen molar-refractivity contribution in [3.63, 3.8) is 0 Å². The van der Waals surface area contributed by atoms with Gasteiger partial charge in [-0.15, -0.1) is 0 Å². The summed E-state index contributed by atoms with van der Waals surface area (Å²) in [5.41, 5.74) is 2.92. The molecule has 0 spiro atoms. The molecule has 0 amide bonds. The minimum atomic E-state index is 0.478. The molecule has 2 atom stereocenters. The molecule has 0 bridgehead atoms. The molecule has 2 rings (SSSR count). The first kappa shape index (κ1) is 15.5. The van der Waals surface area contributed by atoms with Crippen molar-refractivity contribution < 1.29 is 0 Å². The predicted molar refractivity (Wildman–Crippen MR) is 85.9 cm³/mol. The third-order valence-corrected chi connectivity index (χ3v) is 4.27. The molecule has 20 heavy (non-hydrogen) atoms. The lowest BCUT2D eigenvalue weighted by Gasteiger charge is -2.28. The van der Waals surface area contributed by atoms with E-state index in [9.17, 15) is 0 Å². The summed E-state index contributed by atoms with van der Waals surface area (Å²) in [6.45, 7) is 12.3. The summed E-state index contributed by atoms with van der Waals surface area (Å²) in [7, 11) is 0. The zero-order valence-electron chi connectivity index (χ0n) is 13.2. The monoisotopic (exact) mass is 275 g/mol. The minimum Gasteiger partial charge on any atom is -0.313 e. The van der Waals surface area contributed by atoms with Gasteiger partial charge in [0.2, 0.25) is 0 Å². The maximum atomic E-state index is 3.83. The normalized spacial score (nSPS) is 20.5. The Labute approximate surface area is 123 Å². The van der Waals surface area contributed by atoms with Crippen LogP contribution in [0.25, 0.3) is 0 Å². The van der Waals surface area contributed by atoms with E-state index in [1.54, 1.807) is 0 Å². The lowest BCUT2D eigenvalue weighted by molar-refractivity contribution is 0.259. The van der Waals surface area contributed by atoms with Crippen LogP contribution in [0.2, 0.25) is 0 Å². The third kappa shape index (κ3) is 4.05. The molecule has 1 aliphatic heterocycles. The van der Waals surface area contributed by atoms with E-state index in [4.69, 9.17) is 0 Å². The van der Waals surface area contributed by atoms with Gasteiger partial charge in [0.15, 0.2) is 0 Å². The molecule has 0 saturated heterocycles. The Morgan fingerprint density at radius 1 is 1.30 bits per heavy atom. The summed E-state index contributed by atoms with van der Waals surface area (Å²) in [4.78, 5) is 2.48. The van der Waals surface area contributed by atoms with Crippen molar-refractivity contribution in [1.82, 2.24) is 15.5 Å². The molecule has 1 aliphatic rings. The molecular formula is C17H29N3. The molecule has 0 fully saturated rings. The fourth-order valence-electron chi connectivity index (χ4n) is 3.10. The van der Waals surface area contributed by atoms with Crippen molar-refractivity contribution >= 4 is 0 Å². The Balaban J connectivity index is 2.01. The van der Waals surface area contributed by atoms with Crippen molar-refractivity contribution in [2.24, 2.45) is 0 Å². The molecular weight excluding hydrogens is 246 g/mol. The molecule has 0 aliphatic carbocycles. The maximum Gasteiger partial charge on any atom is 0.0338 e. The van der Waals surface area contributed by atoms with E-state index in [1.807, 2.05) is 0 Å². The number of hydrogen-bond acceptors (Lipinski definition) is 3. The number of likely N-dealkylation sites (N-methyl/N-ethyl adjacent to an activating group) is 1. The van der Waals surface area contributed by atoms with Gasteiger partial charge in [-0.2, -0.15) is 0 Å². The summed E-state index contributed by atoms with van der Waals surface area (Å²) < 4.78 is 0. The molecule has 1 heterocycles. The molecule has 2 N–H and O–H groups in total. The van der Waals surface area contributed by atoms with E-state index in [0.717, 1.165) is 32.7 Å². The Kier molecular flexibility index (Phi) is 6.02. The van der Waals surface area contributed by atoms with Crippen LogP contribution in [-0.4, -0.2) is 37.1 Å². The molecule has 0 saturated carbocycles. The summed E-state index contributed by atoms with van der Waals surface area (Å²) >= 11 is 0. The second-order valence-corrected chi connectivity index (χ2v) is 5.77. The number of nitrogens with zero attached hydrogens (tertiary/aromatic N) is 1. The van der Waals surface area contributed by atoms with Crippen LogP contribution in [0.15, 0.2) is 24.3 Å². The third-order valence-electron chi connectivity index (χ3n) is 4.27. The molecule has 0 aromatic heterocycles. The van der Waals surface area contributed by atoms with Crippen LogP contribution in [0, 0.1) is 0 Å². The first-order valence-corrected chi connectivity index (χ1v) is 8.01. The van der Waals surface area contributed by atoms with Crippen molar-refractivity contribution in [2.45, 2.75) is 45.8 Å². The van der Waals surface area contributed by atoms with E-state index in [2.05, 4.69) is 60.6 Å². The number of hydrogen-bond donors (Lipinski definition) is 2. The maximum absolute atomic E-state index is 3.83. The number of nitrogens with one attached hydrogen (secondary N) is 2. The number of benzene rings is 1. The van der Waals surface area contributed by atoms with Gasteiger partial charge in [-0.05, 0) is 44.1 Å². The zero-order valence-corrected chi connectivity index (χ0v) is 13.2. The smallest absolute Gasteiger partial charge is 0.0338 e. The average Bonchev–Trinajstić information content (AvgIpc) is 2.67. The summed E-state index contributed by atoms with van der Waals surface area (Å²) in [5.74, 6) is 0. The Morgan fingerprint density at radius 3 is 2.80 bits per heavy atom. The van der Waals surface area contributed by atoms with Crippen LogP contribution < -0.4 is 10.6 Å². The van der Waals surface area contributed by atoms with Gasteiger partial charge in [0.1, 0.15) is 0 Å². The van der Waals surface area contributed by atoms with Crippen molar-refractivity contribution in [2.75, 3.05) is 26.2 Å². The Morgan fingerprint density at radius 2 is 2.05 bits per heavy atom. The average molecular weight is 275 g/mol. The van der Waals surface area contributed by atoms with Crippen molar-refractivity contribution in [3.8, 4) is 0 Å². The van der Waals surface area contributed by atoms with Gasteiger partial charge >= 0.3 is 0 Å². The molecule has 1 aromatic rings. The largest absolute Gasteiger partial charge is 0.313 e. The minimum absolute atomic E-state index is 0.478. The predicted octanol–water partition coefficient (Wildman–Crippen LogP) is 2.54. The molecule has 0 radical (unpaired) electrons. The van der Waals surface area contributed by atoms with E-state index in [1.165, 1.54) is 17.5 Å². The fourth-order valence-corrected chi connectivity index (χ4v) is 3.10. The second kappa shape index (κ2) is 7.77. The first-order chi connectivity index (χ1) is 9.74. The van der Waals surface area contributed by atoms with Crippen LogP contribution in [-0.2, 0) is 6.54 Å². The topological polar surface area (TPSA) is 27.3 Å². The van der Waals surface area contributed by atoms with Crippen LogP contribution in [0.1, 0.15) is 44.4 Å². The Bertz CT molecular complexity index is 401. The SMILES string of the molecule is CCN(CC)CC(C)NC1CCNCc2ccccc21. The first-order valence-electron chi connectivity index (χ1n) is 8.01. The molecule has 1 aromatic carbocycles. The summed E-state index contributed by atoms with van der Waals surface area (Å²) in [6.07, 6.45) is 1.17. The molecule has 3 nitrogen and oxygen atoms in total. The quantitative estimate of drug-likeness (QED) is 0.835. The lowest BCUT2D eigenvalue weighted by Crippen LogP contribution is -2.41. The zero-order chi connectivity index (χ0) is 14.4. The van der Waals surface area contributed by atoms with Gasteiger partial charge in [-0.3, -0.25) is 0 Å².